The molecule has 1 heterocycles. The molecule has 1 aliphatic heterocycles. The number of piperazine rings is 1. The second kappa shape index (κ2) is 9.50. The maximum atomic E-state index is 6.28. The Morgan fingerprint density at radius 2 is 1.96 bits per heavy atom. The summed E-state index contributed by atoms with van der Waals surface area (Å²) in [7, 11) is 0. The summed E-state index contributed by atoms with van der Waals surface area (Å²) in [5.41, 5.74) is 11.2. The van der Waals surface area contributed by atoms with Gasteiger partial charge in [0.2, 0.25) is 0 Å². The number of hydrogen-bond donors (Lipinski definition) is 2. The molecule has 0 aromatic heterocycles. The molecule has 2 aromatic carbocycles. The molecule has 0 unspecified atom stereocenters. The van der Waals surface area contributed by atoms with Gasteiger partial charge in [-0.2, -0.15) is 5.10 Å². The highest BCUT2D eigenvalue weighted by molar-refractivity contribution is 9.10. The molecule has 1 saturated heterocycles. The molecule has 8 heteroatoms. The number of rotatable bonds is 5. The van der Waals surface area contributed by atoms with Gasteiger partial charge in [0, 0.05) is 42.2 Å². The van der Waals surface area contributed by atoms with Crippen LogP contribution in [0, 0.1) is 0 Å². The van der Waals surface area contributed by atoms with Gasteiger partial charge in [-0.1, -0.05) is 35.9 Å². The zero-order valence-electron chi connectivity index (χ0n) is 14.7. The van der Waals surface area contributed by atoms with Gasteiger partial charge in [0.05, 0.1) is 11.9 Å². The van der Waals surface area contributed by atoms with E-state index in [0.717, 1.165) is 47.8 Å². The predicted molar refractivity (Wildman–Crippen MR) is 121 cm³/mol. The lowest BCUT2D eigenvalue weighted by atomic mass is 10.1. The van der Waals surface area contributed by atoms with E-state index in [2.05, 4.69) is 48.4 Å². The molecule has 27 heavy (non-hydrogen) atoms. The average Bonchev–Trinajstić information content (AvgIpc) is 2.64. The maximum Gasteiger partial charge on any atom is 0.184 e. The summed E-state index contributed by atoms with van der Waals surface area (Å²) < 4.78 is 1.04. The second-order valence-electron chi connectivity index (χ2n) is 6.30. The Balaban J connectivity index is 1.58. The summed E-state index contributed by atoms with van der Waals surface area (Å²) in [5, 5.41) is 4.98. The van der Waals surface area contributed by atoms with E-state index < -0.39 is 0 Å². The van der Waals surface area contributed by atoms with Gasteiger partial charge >= 0.3 is 0 Å². The summed E-state index contributed by atoms with van der Waals surface area (Å²) in [6.45, 7) is 4.83. The van der Waals surface area contributed by atoms with Gasteiger partial charge < -0.3 is 10.6 Å². The van der Waals surface area contributed by atoms with Crippen LogP contribution >= 0.6 is 39.7 Å². The fourth-order valence-electron chi connectivity index (χ4n) is 3.04. The van der Waals surface area contributed by atoms with Gasteiger partial charge in [0.15, 0.2) is 5.11 Å². The summed E-state index contributed by atoms with van der Waals surface area (Å²) in [6.07, 6.45) is 1.69. The fourth-order valence-corrected chi connectivity index (χ4v) is 3.94. The molecular weight excluding hydrogens is 446 g/mol. The Hall–Kier alpha value is -1.67. The van der Waals surface area contributed by atoms with Crippen LogP contribution in [-0.4, -0.2) is 42.4 Å². The molecule has 0 saturated carbocycles. The van der Waals surface area contributed by atoms with Gasteiger partial charge in [-0.15, -0.1) is 0 Å². The first-order valence-electron chi connectivity index (χ1n) is 8.61. The third-order valence-electron chi connectivity index (χ3n) is 4.42. The van der Waals surface area contributed by atoms with Crippen molar-refractivity contribution in [3.8, 4) is 0 Å². The molecule has 0 amide bonds. The molecular formula is C19H21BrClN5S. The molecule has 5 nitrogen and oxygen atoms in total. The molecule has 3 rings (SSSR count). The quantitative estimate of drug-likeness (QED) is 0.401. The van der Waals surface area contributed by atoms with Crippen LogP contribution in [0.25, 0.3) is 0 Å². The van der Waals surface area contributed by atoms with Crippen LogP contribution in [-0.2, 0) is 6.54 Å². The molecule has 142 valence electrons. The van der Waals surface area contributed by atoms with Crippen molar-refractivity contribution in [2.75, 3.05) is 31.1 Å². The topological polar surface area (TPSA) is 56.9 Å². The van der Waals surface area contributed by atoms with E-state index in [1.165, 1.54) is 11.3 Å². The highest BCUT2D eigenvalue weighted by Crippen LogP contribution is 2.28. The SMILES string of the molecule is NC(=S)N/N=C/c1ccc(N2CCN(Cc3ccccc3Cl)CC2)c(Br)c1. The van der Waals surface area contributed by atoms with Gasteiger partial charge in [0.25, 0.3) is 0 Å². The number of hydrazone groups is 1. The van der Waals surface area contributed by atoms with Crippen LogP contribution in [0.15, 0.2) is 52.0 Å². The zero-order valence-corrected chi connectivity index (χ0v) is 17.9. The van der Waals surface area contributed by atoms with Crippen molar-refractivity contribution in [1.29, 1.82) is 0 Å². The smallest absolute Gasteiger partial charge is 0.184 e. The second-order valence-corrected chi connectivity index (χ2v) is 8.00. The minimum Gasteiger partial charge on any atom is -0.375 e. The van der Waals surface area contributed by atoms with Crippen molar-refractivity contribution in [3.05, 3.63) is 63.1 Å². The number of hydrogen-bond acceptors (Lipinski definition) is 4. The number of nitrogens with one attached hydrogen (secondary N) is 1. The van der Waals surface area contributed by atoms with Crippen LogP contribution in [0.5, 0.6) is 0 Å². The van der Waals surface area contributed by atoms with Crippen molar-refractivity contribution in [1.82, 2.24) is 10.3 Å². The number of nitrogens with zero attached hydrogens (tertiary/aromatic N) is 3. The molecule has 2 aromatic rings. The van der Waals surface area contributed by atoms with E-state index in [-0.39, 0.29) is 5.11 Å². The Labute approximate surface area is 178 Å². The monoisotopic (exact) mass is 465 g/mol. The van der Waals surface area contributed by atoms with Gasteiger partial charge in [-0.3, -0.25) is 10.3 Å². The lowest BCUT2D eigenvalue weighted by Gasteiger charge is -2.36. The molecule has 1 aliphatic rings. The first-order valence-corrected chi connectivity index (χ1v) is 10.2. The van der Waals surface area contributed by atoms with E-state index in [0.29, 0.717) is 0 Å². The van der Waals surface area contributed by atoms with E-state index in [9.17, 15) is 0 Å². The molecule has 0 aliphatic carbocycles. The molecule has 3 N–H and O–H groups in total. The summed E-state index contributed by atoms with van der Waals surface area (Å²) in [6, 6.07) is 14.2. The Morgan fingerprint density at radius 1 is 1.22 bits per heavy atom. The molecule has 0 radical (unpaired) electrons. The molecule has 0 atom stereocenters. The summed E-state index contributed by atoms with van der Waals surface area (Å²) in [4.78, 5) is 4.83. The number of benzene rings is 2. The fraction of sp³-hybridized carbons (Fsp3) is 0.263. The van der Waals surface area contributed by atoms with E-state index in [1.54, 1.807) is 6.21 Å². The van der Waals surface area contributed by atoms with Crippen molar-refractivity contribution < 1.29 is 0 Å². The summed E-state index contributed by atoms with van der Waals surface area (Å²) >= 11 is 14.7. The number of nitrogens with two attached hydrogens (primary N) is 1. The van der Waals surface area contributed by atoms with Crippen molar-refractivity contribution in [2.24, 2.45) is 10.8 Å². The van der Waals surface area contributed by atoms with Crippen LogP contribution in [0.2, 0.25) is 5.02 Å². The van der Waals surface area contributed by atoms with Crippen LogP contribution in [0.1, 0.15) is 11.1 Å². The van der Waals surface area contributed by atoms with Crippen molar-refractivity contribution in [2.45, 2.75) is 6.54 Å². The number of anilines is 1. The Kier molecular flexibility index (Phi) is 7.07. The van der Waals surface area contributed by atoms with E-state index in [4.69, 9.17) is 29.6 Å². The molecule has 0 spiro atoms. The van der Waals surface area contributed by atoms with Gasteiger partial charge in [0.1, 0.15) is 0 Å². The van der Waals surface area contributed by atoms with E-state index >= 15 is 0 Å². The maximum absolute atomic E-state index is 6.28. The largest absolute Gasteiger partial charge is 0.375 e. The van der Waals surface area contributed by atoms with Crippen molar-refractivity contribution in [3.63, 3.8) is 0 Å². The first kappa shape index (κ1) is 20.1. The van der Waals surface area contributed by atoms with Crippen LogP contribution in [0.3, 0.4) is 0 Å². The minimum atomic E-state index is 0.150. The predicted octanol–water partition coefficient (Wildman–Crippen LogP) is 3.59. The number of thiocarbonyl (C=S) groups is 1. The lowest BCUT2D eigenvalue weighted by Crippen LogP contribution is -2.46. The van der Waals surface area contributed by atoms with Crippen LogP contribution < -0.4 is 16.1 Å². The van der Waals surface area contributed by atoms with Gasteiger partial charge in [-0.05, 0) is 57.5 Å². The van der Waals surface area contributed by atoms with Crippen molar-refractivity contribution >= 4 is 56.8 Å². The third-order valence-corrected chi connectivity index (χ3v) is 5.52. The van der Waals surface area contributed by atoms with Crippen LogP contribution in [0.4, 0.5) is 5.69 Å². The van der Waals surface area contributed by atoms with E-state index in [1.807, 2.05) is 30.3 Å². The zero-order chi connectivity index (χ0) is 19.2. The normalized spacial score (nSPS) is 15.3. The highest BCUT2D eigenvalue weighted by Gasteiger charge is 2.19. The average molecular weight is 467 g/mol. The third kappa shape index (κ3) is 5.65. The molecule has 0 bridgehead atoms. The Morgan fingerprint density at radius 3 is 2.63 bits per heavy atom. The molecule has 1 fully saturated rings. The highest BCUT2D eigenvalue weighted by atomic mass is 79.9. The summed E-state index contributed by atoms with van der Waals surface area (Å²) in [5.74, 6) is 0. The minimum absolute atomic E-state index is 0.150. The standard InChI is InChI=1S/C19H21BrClN5S/c20-16-11-14(12-23-24-19(22)27)5-6-18(16)26-9-7-25(8-10-26)13-15-3-1-2-4-17(15)21/h1-6,11-12H,7-10,13H2,(H3,22,24,27)/b23-12+. The Bertz CT molecular complexity index is 837. The number of halogens is 2. The lowest BCUT2D eigenvalue weighted by molar-refractivity contribution is 0.250. The van der Waals surface area contributed by atoms with Gasteiger partial charge in [-0.25, -0.2) is 0 Å². The first-order chi connectivity index (χ1) is 13.0.